The molecule has 6 nitrogen and oxygen atoms in total. The minimum absolute atomic E-state index is 0.0372. The van der Waals surface area contributed by atoms with E-state index < -0.39 is 0 Å². The summed E-state index contributed by atoms with van der Waals surface area (Å²) in [7, 11) is 1.61. The van der Waals surface area contributed by atoms with Crippen LogP contribution in [-0.2, 0) is 0 Å². The minimum atomic E-state index is -0.0372. The van der Waals surface area contributed by atoms with Gasteiger partial charge in [0.25, 0.3) is 0 Å². The first-order valence-corrected chi connectivity index (χ1v) is 8.47. The van der Waals surface area contributed by atoms with E-state index in [1.807, 2.05) is 36.5 Å². The van der Waals surface area contributed by atoms with Crippen LogP contribution in [0.1, 0.15) is 23.2 Å². The summed E-state index contributed by atoms with van der Waals surface area (Å²) in [4.78, 5) is 27.0. The molecule has 0 aliphatic carbocycles. The largest absolute Gasteiger partial charge is 0.497 e. The van der Waals surface area contributed by atoms with Gasteiger partial charge in [-0.3, -0.25) is 4.79 Å². The van der Waals surface area contributed by atoms with Crippen molar-refractivity contribution in [1.82, 2.24) is 15.0 Å². The average Bonchev–Trinajstić information content (AvgIpc) is 3.16. The summed E-state index contributed by atoms with van der Waals surface area (Å²) >= 11 is 0. The summed E-state index contributed by atoms with van der Waals surface area (Å²) in [5.74, 6) is 1.74. The normalized spacial score (nSPS) is 17.6. The second-order valence-corrected chi connectivity index (χ2v) is 6.32. The van der Waals surface area contributed by atoms with Gasteiger partial charge in [-0.2, -0.15) is 0 Å². The summed E-state index contributed by atoms with van der Waals surface area (Å²) in [5.41, 5.74) is 1.53. The van der Waals surface area contributed by atoms with Gasteiger partial charge in [-0.1, -0.05) is 12.1 Å². The number of hydrogen-bond donors (Lipinski definition) is 1. The van der Waals surface area contributed by atoms with E-state index in [4.69, 9.17) is 4.74 Å². The number of carbonyl (C=O) groups is 1. The number of piperidine rings is 1. The van der Waals surface area contributed by atoms with Crippen molar-refractivity contribution >= 4 is 22.6 Å². The van der Waals surface area contributed by atoms with Crippen LogP contribution in [0.5, 0.6) is 5.75 Å². The summed E-state index contributed by atoms with van der Waals surface area (Å²) < 4.78 is 5.24. The van der Waals surface area contributed by atoms with Gasteiger partial charge < -0.3 is 14.6 Å². The Bertz CT molecular complexity index is 905. The molecule has 1 N–H and O–H groups in total. The average molecular weight is 336 g/mol. The van der Waals surface area contributed by atoms with E-state index in [1.54, 1.807) is 13.4 Å². The van der Waals surface area contributed by atoms with Gasteiger partial charge in [0, 0.05) is 30.8 Å². The lowest BCUT2D eigenvalue weighted by atomic mass is 9.90. The lowest BCUT2D eigenvalue weighted by molar-refractivity contribution is 0.0907. The Labute approximate surface area is 145 Å². The van der Waals surface area contributed by atoms with E-state index in [-0.39, 0.29) is 11.7 Å². The molecule has 6 heteroatoms. The highest BCUT2D eigenvalue weighted by Gasteiger charge is 2.28. The minimum Gasteiger partial charge on any atom is -0.497 e. The van der Waals surface area contributed by atoms with Gasteiger partial charge in [0.05, 0.1) is 12.5 Å². The number of aromatic nitrogens is 3. The summed E-state index contributed by atoms with van der Waals surface area (Å²) in [6.07, 6.45) is 5.30. The quantitative estimate of drug-likeness (QED) is 0.742. The molecule has 0 radical (unpaired) electrons. The molecular formula is C19H20N4O2. The molecule has 1 saturated heterocycles. The molecule has 4 rings (SSSR count). The first kappa shape index (κ1) is 15.6. The molecule has 1 aliphatic rings. The van der Waals surface area contributed by atoms with Gasteiger partial charge in [-0.25, -0.2) is 9.97 Å². The maximum atomic E-state index is 12.9. The van der Waals surface area contributed by atoms with Crippen molar-refractivity contribution in [2.45, 2.75) is 12.8 Å². The lowest BCUT2D eigenvalue weighted by Gasteiger charge is -2.33. The first-order chi connectivity index (χ1) is 12.3. The molecular weight excluding hydrogens is 316 g/mol. The standard InChI is InChI=1S/C19H20N4O2/c1-25-15-6-2-4-13(10-15)17(24)14-5-3-9-23(11-14)19-16-7-8-20-18(16)21-12-22-19/h2,4,6-8,10,12,14H,3,5,9,11H2,1H3,(H,20,21,22). The Morgan fingerprint density at radius 1 is 1.32 bits per heavy atom. The van der Waals surface area contributed by atoms with E-state index in [0.717, 1.165) is 36.2 Å². The molecule has 1 fully saturated rings. The van der Waals surface area contributed by atoms with Crippen molar-refractivity contribution in [1.29, 1.82) is 0 Å². The third-order valence-corrected chi connectivity index (χ3v) is 4.78. The van der Waals surface area contributed by atoms with Gasteiger partial charge in [0.1, 0.15) is 23.5 Å². The van der Waals surface area contributed by atoms with E-state index >= 15 is 0 Å². The van der Waals surface area contributed by atoms with E-state index in [9.17, 15) is 4.79 Å². The molecule has 25 heavy (non-hydrogen) atoms. The number of hydrogen-bond acceptors (Lipinski definition) is 5. The molecule has 3 aromatic rings. The summed E-state index contributed by atoms with van der Waals surface area (Å²) in [6.45, 7) is 1.58. The van der Waals surface area contributed by atoms with Crippen molar-refractivity contribution in [2.24, 2.45) is 5.92 Å². The third kappa shape index (κ3) is 2.95. The number of nitrogens with zero attached hydrogens (tertiary/aromatic N) is 3. The third-order valence-electron chi connectivity index (χ3n) is 4.78. The molecule has 1 aromatic carbocycles. The number of methoxy groups -OCH3 is 1. The zero-order chi connectivity index (χ0) is 17.2. The van der Waals surface area contributed by atoms with E-state index in [1.165, 1.54) is 0 Å². The number of H-pyrrole nitrogens is 1. The zero-order valence-corrected chi connectivity index (χ0v) is 14.1. The van der Waals surface area contributed by atoms with E-state index in [2.05, 4.69) is 19.9 Å². The Balaban J connectivity index is 1.58. The van der Waals surface area contributed by atoms with Gasteiger partial charge in [0.15, 0.2) is 5.78 Å². The van der Waals surface area contributed by atoms with Crippen molar-refractivity contribution < 1.29 is 9.53 Å². The Kier molecular flexibility index (Phi) is 4.09. The number of ketones is 1. The van der Waals surface area contributed by atoms with Crippen LogP contribution in [0.3, 0.4) is 0 Å². The van der Waals surface area contributed by atoms with Gasteiger partial charge in [0.2, 0.25) is 0 Å². The van der Waals surface area contributed by atoms with Crippen molar-refractivity contribution in [3.8, 4) is 5.75 Å². The molecule has 0 amide bonds. The molecule has 1 aliphatic heterocycles. The fourth-order valence-corrected chi connectivity index (χ4v) is 3.51. The van der Waals surface area contributed by atoms with Crippen LogP contribution in [-0.4, -0.2) is 40.9 Å². The van der Waals surface area contributed by atoms with Crippen LogP contribution in [0.2, 0.25) is 0 Å². The summed E-state index contributed by atoms with van der Waals surface area (Å²) in [5, 5.41) is 0.997. The first-order valence-electron chi connectivity index (χ1n) is 8.47. The number of rotatable bonds is 4. The number of Topliss-reactive ketones (excluding diaryl/α,β-unsaturated/α-hetero) is 1. The van der Waals surface area contributed by atoms with Crippen molar-refractivity contribution in [3.63, 3.8) is 0 Å². The van der Waals surface area contributed by atoms with Crippen LogP contribution < -0.4 is 9.64 Å². The molecule has 0 saturated carbocycles. The Hall–Kier alpha value is -2.89. The SMILES string of the molecule is COc1cccc(C(=O)C2CCCN(c3ncnc4[nH]ccc34)C2)c1. The number of ether oxygens (including phenoxy) is 1. The van der Waals surface area contributed by atoms with Crippen molar-refractivity contribution in [3.05, 3.63) is 48.4 Å². The topological polar surface area (TPSA) is 71.1 Å². The number of nitrogens with one attached hydrogen (secondary N) is 1. The predicted molar refractivity (Wildman–Crippen MR) is 96.2 cm³/mol. The molecule has 0 spiro atoms. The molecule has 1 unspecified atom stereocenters. The maximum absolute atomic E-state index is 12.9. The van der Waals surface area contributed by atoms with Crippen molar-refractivity contribution in [2.75, 3.05) is 25.1 Å². The zero-order valence-electron chi connectivity index (χ0n) is 14.1. The van der Waals surface area contributed by atoms with Gasteiger partial charge in [-0.15, -0.1) is 0 Å². The molecule has 128 valence electrons. The highest BCUT2D eigenvalue weighted by molar-refractivity contribution is 5.99. The van der Waals surface area contributed by atoms with Gasteiger partial charge >= 0.3 is 0 Å². The second-order valence-electron chi connectivity index (χ2n) is 6.32. The highest BCUT2D eigenvalue weighted by atomic mass is 16.5. The van der Waals surface area contributed by atoms with Crippen LogP contribution in [0.4, 0.5) is 5.82 Å². The second kappa shape index (κ2) is 6.55. The number of carbonyl (C=O) groups excluding carboxylic acids is 1. The predicted octanol–water partition coefficient (Wildman–Crippen LogP) is 3.07. The highest BCUT2D eigenvalue weighted by Crippen LogP contribution is 2.29. The lowest BCUT2D eigenvalue weighted by Crippen LogP contribution is -2.39. The number of benzene rings is 1. The molecule has 3 heterocycles. The number of fused-ring (bicyclic) bond motifs is 1. The van der Waals surface area contributed by atoms with E-state index in [0.29, 0.717) is 17.9 Å². The van der Waals surface area contributed by atoms with Crippen LogP contribution in [0.15, 0.2) is 42.9 Å². The molecule has 0 bridgehead atoms. The summed E-state index contributed by atoms with van der Waals surface area (Å²) in [6, 6.07) is 9.38. The Morgan fingerprint density at radius 2 is 2.24 bits per heavy atom. The van der Waals surface area contributed by atoms with Gasteiger partial charge in [-0.05, 0) is 31.0 Å². The number of aromatic amines is 1. The monoisotopic (exact) mass is 336 g/mol. The number of anilines is 1. The molecule has 2 aromatic heterocycles. The maximum Gasteiger partial charge on any atom is 0.167 e. The fourth-order valence-electron chi connectivity index (χ4n) is 3.51. The Morgan fingerprint density at radius 3 is 3.12 bits per heavy atom. The van der Waals surface area contributed by atoms with Crippen LogP contribution in [0.25, 0.3) is 11.0 Å². The molecule has 1 atom stereocenters. The smallest absolute Gasteiger partial charge is 0.167 e. The van der Waals surface area contributed by atoms with Crippen LogP contribution >= 0.6 is 0 Å². The fraction of sp³-hybridized carbons (Fsp3) is 0.316. The van der Waals surface area contributed by atoms with Crippen LogP contribution in [0, 0.1) is 5.92 Å².